The Balaban J connectivity index is 1.96. The Kier molecular flexibility index (Phi) is 4.45. The summed E-state index contributed by atoms with van der Waals surface area (Å²) in [5, 5.41) is 20.8. The van der Waals surface area contributed by atoms with Crippen molar-refractivity contribution >= 4 is 11.6 Å². The lowest BCUT2D eigenvalue weighted by Gasteiger charge is -2.25. The molecule has 1 fully saturated rings. The predicted molar refractivity (Wildman–Crippen MR) is 83.9 cm³/mol. The summed E-state index contributed by atoms with van der Waals surface area (Å²) in [6.07, 6.45) is -0.837. The first-order valence-electron chi connectivity index (χ1n) is 7.55. The molecule has 0 spiro atoms. The van der Waals surface area contributed by atoms with Gasteiger partial charge in [-0.25, -0.2) is 8.78 Å². The van der Waals surface area contributed by atoms with Crippen LogP contribution < -0.4 is 0 Å². The van der Waals surface area contributed by atoms with Crippen LogP contribution in [0.25, 0.3) is 0 Å². The van der Waals surface area contributed by atoms with Gasteiger partial charge in [0.05, 0.1) is 17.1 Å². The molecular formula is C17H14F2N2O4. The van der Waals surface area contributed by atoms with Crippen molar-refractivity contribution in [2.75, 3.05) is 6.54 Å². The van der Waals surface area contributed by atoms with Crippen LogP contribution in [-0.4, -0.2) is 33.5 Å². The summed E-state index contributed by atoms with van der Waals surface area (Å²) in [6.45, 7) is -0.0673. The van der Waals surface area contributed by atoms with Crippen molar-refractivity contribution in [3.05, 3.63) is 75.3 Å². The molecule has 0 radical (unpaired) electrons. The van der Waals surface area contributed by atoms with Gasteiger partial charge in [-0.2, -0.15) is 0 Å². The van der Waals surface area contributed by atoms with Gasteiger partial charge >= 0.3 is 0 Å². The molecule has 6 nitrogen and oxygen atoms in total. The van der Waals surface area contributed by atoms with Gasteiger partial charge in [0, 0.05) is 29.8 Å². The van der Waals surface area contributed by atoms with Gasteiger partial charge in [0.1, 0.15) is 11.6 Å². The molecule has 130 valence electrons. The van der Waals surface area contributed by atoms with Crippen molar-refractivity contribution < 1.29 is 23.6 Å². The number of non-ortho nitro benzene ring substituents is 1. The second kappa shape index (κ2) is 6.56. The highest BCUT2D eigenvalue weighted by molar-refractivity contribution is 5.95. The van der Waals surface area contributed by atoms with Gasteiger partial charge in [-0.15, -0.1) is 0 Å². The molecule has 1 N–H and O–H groups in total. The highest BCUT2D eigenvalue weighted by atomic mass is 19.1. The Hall–Kier alpha value is -2.87. The second-order valence-electron chi connectivity index (χ2n) is 5.84. The summed E-state index contributed by atoms with van der Waals surface area (Å²) in [7, 11) is 0. The largest absolute Gasteiger partial charge is 0.391 e. The summed E-state index contributed by atoms with van der Waals surface area (Å²) >= 11 is 0. The van der Waals surface area contributed by atoms with Crippen molar-refractivity contribution in [2.45, 2.75) is 18.6 Å². The fraction of sp³-hybridized carbons (Fsp3) is 0.235. The molecule has 0 saturated carbocycles. The minimum Gasteiger partial charge on any atom is -0.391 e. The SMILES string of the molecule is O=C(c1cccc([N+](=O)[O-])c1)N1C[C@H](O)C[C@@H]1c1cc(F)ccc1F. The molecule has 1 aliphatic rings. The second-order valence-corrected chi connectivity index (χ2v) is 5.84. The zero-order chi connectivity index (χ0) is 18.1. The number of β-amino-alcohol motifs (C(OH)–C–C–N with tert-alkyl or cyclic N) is 1. The third-order valence-corrected chi connectivity index (χ3v) is 4.16. The normalized spacial score (nSPS) is 19.9. The summed E-state index contributed by atoms with van der Waals surface area (Å²) in [4.78, 5) is 24.2. The number of nitro groups is 1. The quantitative estimate of drug-likeness (QED) is 0.683. The van der Waals surface area contributed by atoms with Crippen LogP contribution in [0.5, 0.6) is 0 Å². The zero-order valence-corrected chi connectivity index (χ0v) is 12.9. The van der Waals surface area contributed by atoms with Crippen LogP contribution in [-0.2, 0) is 0 Å². The van der Waals surface area contributed by atoms with Gasteiger partial charge in [-0.05, 0) is 30.7 Å². The van der Waals surface area contributed by atoms with Crippen LogP contribution in [0.3, 0.4) is 0 Å². The number of aliphatic hydroxyl groups excluding tert-OH is 1. The third-order valence-electron chi connectivity index (χ3n) is 4.16. The maximum atomic E-state index is 14.1. The number of hydrogen-bond donors (Lipinski definition) is 1. The summed E-state index contributed by atoms with van der Waals surface area (Å²) in [6, 6.07) is 7.21. The Bertz CT molecular complexity index is 843. The van der Waals surface area contributed by atoms with Gasteiger partial charge < -0.3 is 10.0 Å². The van der Waals surface area contributed by atoms with Crippen LogP contribution >= 0.6 is 0 Å². The number of nitro benzene ring substituents is 1. The van der Waals surface area contributed by atoms with E-state index in [0.29, 0.717) is 0 Å². The first kappa shape index (κ1) is 17.0. The van der Waals surface area contributed by atoms with E-state index in [2.05, 4.69) is 0 Å². The molecule has 1 aliphatic heterocycles. The number of benzene rings is 2. The molecule has 0 aromatic heterocycles. The van der Waals surface area contributed by atoms with Crippen molar-refractivity contribution in [1.29, 1.82) is 0 Å². The maximum absolute atomic E-state index is 14.1. The third kappa shape index (κ3) is 3.34. The number of hydrogen-bond acceptors (Lipinski definition) is 4. The van der Waals surface area contributed by atoms with E-state index >= 15 is 0 Å². The van der Waals surface area contributed by atoms with Gasteiger partial charge in [0.25, 0.3) is 11.6 Å². The molecule has 0 unspecified atom stereocenters. The summed E-state index contributed by atoms with van der Waals surface area (Å²) in [5.41, 5.74) is -0.237. The van der Waals surface area contributed by atoms with Crippen molar-refractivity contribution in [3.63, 3.8) is 0 Å². The number of nitrogens with zero attached hydrogens (tertiary/aromatic N) is 2. The van der Waals surface area contributed by atoms with Crippen LogP contribution in [0.4, 0.5) is 14.5 Å². The number of carbonyl (C=O) groups is 1. The lowest BCUT2D eigenvalue weighted by Crippen LogP contribution is -2.32. The standard InChI is InChI=1S/C17H14F2N2O4/c18-11-4-5-15(19)14(7-11)16-8-13(22)9-20(16)17(23)10-2-1-3-12(6-10)21(24)25/h1-7,13,16,22H,8-9H2/t13-,16-/m1/s1. The van der Waals surface area contributed by atoms with E-state index < -0.39 is 34.6 Å². The molecule has 3 rings (SSSR count). The first-order valence-corrected chi connectivity index (χ1v) is 7.55. The summed E-state index contributed by atoms with van der Waals surface area (Å²) in [5.74, 6) is -1.92. The molecular weight excluding hydrogens is 334 g/mol. The molecule has 0 bridgehead atoms. The number of aliphatic hydroxyl groups is 1. The number of rotatable bonds is 3. The Labute approximate surface area is 141 Å². The highest BCUT2D eigenvalue weighted by Crippen LogP contribution is 2.35. The van der Waals surface area contributed by atoms with Crippen molar-refractivity contribution in [1.82, 2.24) is 4.90 Å². The van der Waals surface area contributed by atoms with Crippen LogP contribution in [0.1, 0.15) is 28.4 Å². The minimum atomic E-state index is -0.893. The number of carbonyl (C=O) groups excluding carboxylic acids is 1. The van der Waals surface area contributed by atoms with E-state index in [1.54, 1.807) is 0 Å². The van der Waals surface area contributed by atoms with Gasteiger partial charge in [0.2, 0.25) is 0 Å². The fourth-order valence-corrected chi connectivity index (χ4v) is 3.02. The molecule has 0 aliphatic carbocycles. The predicted octanol–water partition coefficient (Wildman–Crippen LogP) is 2.82. The van der Waals surface area contributed by atoms with Crippen LogP contribution in [0.15, 0.2) is 42.5 Å². The smallest absolute Gasteiger partial charge is 0.270 e. The van der Waals surface area contributed by atoms with E-state index in [0.717, 1.165) is 24.3 Å². The molecule has 1 amide bonds. The molecule has 2 aromatic rings. The molecule has 2 aromatic carbocycles. The monoisotopic (exact) mass is 348 g/mol. The molecule has 2 atom stereocenters. The zero-order valence-electron chi connectivity index (χ0n) is 12.9. The average Bonchev–Trinajstić information content (AvgIpc) is 2.98. The van der Waals surface area contributed by atoms with Gasteiger partial charge in [0.15, 0.2) is 0 Å². The fourth-order valence-electron chi connectivity index (χ4n) is 3.02. The highest BCUT2D eigenvalue weighted by Gasteiger charge is 2.37. The minimum absolute atomic E-state index is 0.0321. The number of likely N-dealkylation sites (tertiary alicyclic amines) is 1. The van der Waals surface area contributed by atoms with Crippen molar-refractivity contribution in [3.8, 4) is 0 Å². The van der Waals surface area contributed by atoms with Crippen LogP contribution in [0.2, 0.25) is 0 Å². The van der Waals surface area contributed by atoms with E-state index in [9.17, 15) is 28.8 Å². The molecule has 25 heavy (non-hydrogen) atoms. The van der Waals surface area contributed by atoms with E-state index in [1.165, 1.54) is 23.1 Å². The number of halogens is 2. The van der Waals surface area contributed by atoms with Crippen molar-refractivity contribution in [2.24, 2.45) is 0 Å². The van der Waals surface area contributed by atoms with Gasteiger partial charge in [-0.3, -0.25) is 14.9 Å². The molecule has 1 saturated heterocycles. The Morgan fingerprint density at radius 3 is 2.72 bits per heavy atom. The van der Waals surface area contributed by atoms with E-state index in [-0.39, 0.29) is 29.8 Å². The Morgan fingerprint density at radius 2 is 2.00 bits per heavy atom. The average molecular weight is 348 g/mol. The molecule has 1 heterocycles. The van der Waals surface area contributed by atoms with E-state index in [4.69, 9.17) is 0 Å². The molecule has 8 heteroatoms. The van der Waals surface area contributed by atoms with E-state index in [1.807, 2.05) is 0 Å². The van der Waals surface area contributed by atoms with Crippen LogP contribution in [0, 0.1) is 21.7 Å². The lowest BCUT2D eigenvalue weighted by atomic mass is 10.0. The number of amides is 1. The first-order chi connectivity index (χ1) is 11.9. The lowest BCUT2D eigenvalue weighted by molar-refractivity contribution is -0.384. The summed E-state index contributed by atoms with van der Waals surface area (Å²) < 4.78 is 27.6. The Morgan fingerprint density at radius 1 is 1.24 bits per heavy atom. The van der Waals surface area contributed by atoms with Gasteiger partial charge in [-0.1, -0.05) is 6.07 Å². The maximum Gasteiger partial charge on any atom is 0.270 e. The topological polar surface area (TPSA) is 83.7 Å².